The second kappa shape index (κ2) is 16.3. The average Bonchev–Trinajstić information content (AvgIpc) is 3.39. The Bertz CT molecular complexity index is 3690. The van der Waals surface area contributed by atoms with Gasteiger partial charge in [-0.05, 0) is 142 Å². The van der Waals surface area contributed by atoms with Crippen molar-refractivity contribution in [3.8, 4) is 55.6 Å². The molecule has 0 saturated carbocycles. The Morgan fingerprint density at radius 3 is 1.43 bits per heavy atom. The molecule has 1 nitrogen and oxygen atoms in total. The van der Waals surface area contributed by atoms with Crippen molar-refractivity contribution >= 4 is 60.2 Å². The van der Waals surface area contributed by atoms with Crippen LogP contribution in [0.2, 0.25) is 0 Å². The number of nitrogens with zero attached hydrogens (tertiary/aromatic N) is 1. The molecule has 0 aromatic heterocycles. The Labute approximate surface area is 379 Å². The van der Waals surface area contributed by atoms with Crippen molar-refractivity contribution in [1.82, 2.24) is 0 Å². The molecule has 1 heteroatoms. The molecule has 304 valence electrons. The van der Waals surface area contributed by atoms with Gasteiger partial charge in [0.25, 0.3) is 0 Å². The van der Waals surface area contributed by atoms with E-state index in [1.54, 1.807) is 0 Å². The fourth-order valence-electron chi connectivity index (χ4n) is 9.70. The summed E-state index contributed by atoms with van der Waals surface area (Å²) in [7, 11) is 0. The Morgan fingerprint density at radius 2 is 0.662 bits per heavy atom. The van der Waals surface area contributed by atoms with Crippen LogP contribution in [0.25, 0.3) is 98.7 Å². The van der Waals surface area contributed by atoms with Gasteiger partial charge in [-0.15, -0.1) is 0 Å². The van der Waals surface area contributed by atoms with E-state index in [-0.39, 0.29) is 0 Å². The van der Waals surface area contributed by atoms with E-state index in [9.17, 15) is 0 Å². The van der Waals surface area contributed by atoms with Gasteiger partial charge in [-0.2, -0.15) is 0 Å². The Morgan fingerprint density at radius 1 is 0.200 bits per heavy atom. The van der Waals surface area contributed by atoms with E-state index in [2.05, 4.69) is 266 Å². The molecule has 0 amide bonds. The van der Waals surface area contributed by atoms with Crippen LogP contribution in [0.4, 0.5) is 17.1 Å². The van der Waals surface area contributed by atoms with Crippen molar-refractivity contribution in [3.05, 3.63) is 261 Å². The van der Waals surface area contributed by atoms with Gasteiger partial charge in [-0.3, -0.25) is 0 Å². The molecule has 0 spiro atoms. The SMILES string of the molecule is c1ccc(-c2ccc(-c3ccc4ccccc4c3)cc2N(c2ccc(-c3cccc(-c4cccc5ccccc45)c3)cc2)c2ccc(-c3ccc4c(ccc5ccccc54)c3)cc2)cc1. The Hall–Kier alpha value is -8.52. The minimum absolute atomic E-state index is 1.08. The molecule has 0 unspecified atom stereocenters. The summed E-state index contributed by atoms with van der Waals surface area (Å²) >= 11 is 0. The molecule has 0 N–H and O–H groups in total. The lowest BCUT2D eigenvalue weighted by atomic mass is 9.94. The normalized spacial score (nSPS) is 11.4. The van der Waals surface area contributed by atoms with Crippen LogP contribution in [0.3, 0.4) is 0 Å². The second-order valence-corrected chi connectivity index (χ2v) is 16.9. The molecular formula is C64H43N. The van der Waals surface area contributed by atoms with E-state index in [1.807, 2.05) is 0 Å². The molecular weight excluding hydrogens is 783 g/mol. The van der Waals surface area contributed by atoms with Gasteiger partial charge in [-0.1, -0.05) is 212 Å². The standard InChI is InChI=1S/C64H43N/c1-2-13-48(14-3-1)63-39-33-54(53-26-24-44-12-4-5-17-50(44)40-53)43-64(63)65(58-36-30-46(31-37-58)52-32-38-62-56(42-52)27-25-49-16-7-9-22-60(49)62)57-34-28-45(29-35-57)51-19-10-20-55(41-51)61-23-11-18-47-15-6-8-21-59(47)61/h1-43H. The molecule has 12 aromatic rings. The largest absolute Gasteiger partial charge is 0.310 e. The summed E-state index contributed by atoms with van der Waals surface area (Å²) in [4.78, 5) is 2.43. The molecule has 0 saturated heterocycles. The number of hydrogen-bond acceptors (Lipinski definition) is 1. The summed E-state index contributed by atoms with van der Waals surface area (Å²) in [6, 6.07) is 95.4. The summed E-state index contributed by atoms with van der Waals surface area (Å²) in [5, 5.41) is 10.0. The quantitative estimate of drug-likeness (QED) is 0.138. The Balaban J connectivity index is 0.986. The maximum Gasteiger partial charge on any atom is 0.0546 e. The second-order valence-electron chi connectivity index (χ2n) is 16.9. The molecule has 0 aliphatic rings. The smallest absolute Gasteiger partial charge is 0.0546 e. The van der Waals surface area contributed by atoms with Crippen LogP contribution < -0.4 is 4.90 Å². The number of anilines is 3. The number of fused-ring (bicyclic) bond motifs is 5. The van der Waals surface area contributed by atoms with Crippen molar-refractivity contribution in [2.24, 2.45) is 0 Å². The maximum atomic E-state index is 2.43. The molecule has 65 heavy (non-hydrogen) atoms. The third-order valence-corrected chi connectivity index (χ3v) is 13.0. The zero-order chi connectivity index (χ0) is 43.1. The van der Waals surface area contributed by atoms with Gasteiger partial charge < -0.3 is 4.90 Å². The van der Waals surface area contributed by atoms with Gasteiger partial charge in [0, 0.05) is 16.9 Å². The molecule has 0 bridgehead atoms. The summed E-state index contributed by atoms with van der Waals surface area (Å²) < 4.78 is 0. The average molecular weight is 826 g/mol. The van der Waals surface area contributed by atoms with Crippen LogP contribution in [-0.4, -0.2) is 0 Å². The maximum absolute atomic E-state index is 2.43. The summed E-state index contributed by atoms with van der Waals surface area (Å²) in [6.07, 6.45) is 0. The predicted octanol–water partition coefficient (Wildman–Crippen LogP) is 18.1. The van der Waals surface area contributed by atoms with Crippen LogP contribution in [0.1, 0.15) is 0 Å². The van der Waals surface area contributed by atoms with Crippen molar-refractivity contribution in [1.29, 1.82) is 0 Å². The van der Waals surface area contributed by atoms with Crippen LogP contribution in [0.5, 0.6) is 0 Å². The third-order valence-electron chi connectivity index (χ3n) is 13.0. The van der Waals surface area contributed by atoms with Crippen molar-refractivity contribution in [3.63, 3.8) is 0 Å². The van der Waals surface area contributed by atoms with Gasteiger partial charge in [0.15, 0.2) is 0 Å². The van der Waals surface area contributed by atoms with Crippen molar-refractivity contribution in [2.45, 2.75) is 0 Å². The van der Waals surface area contributed by atoms with Crippen LogP contribution in [0, 0.1) is 0 Å². The first-order chi connectivity index (χ1) is 32.2. The topological polar surface area (TPSA) is 3.24 Å². The van der Waals surface area contributed by atoms with Gasteiger partial charge >= 0.3 is 0 Å². The van der Waals surface area contributed by atoms with Crippen LogP contribution in [0.15, 0.2) is 261 Å². The first-order valence-electron chi connectivity index (χ1n) is 22.4. The zero-order valence-corrected chi connectivity index (χ0v) is 35.8. The molecule has 0 atom stereocenters. The van der Waals surface area contributed by atoms with Gasteiger partial charge in [0.05, 0.1) is 5.69 Å². The summed E-state index contributed by atoms with van der Waals surface area (Å²) in [5.74, 6) is 0. The molecule has 0 heterocycles. The molecule has 0 fully saturated rings. The number of benzene rings is 12. The lowest BCUT2D eigenvalue weighted by Crippen LogP contribution is -2.11. The van der Waals surface area contributed by atoms with E-state index < -0.39 is 0 Å². The minimum atomic E-state index is 1.08. The fourth-order valence-corrected chi connectivity index (χ4v) is 9.70. The summed E-state index contributed by atoms with van der Waals surface area (Å²) in [6.45, 7) is 0. The molecule has 0 aliphatic carbocycles. The highest BCUT2D eigenvalue weighted by Crippen LogP contribution is 2.44. The third kappa shape index (κ3) is 7.20. The molecule has 12 rings (SSSR count). The van der Waals surface area contributed by atoms with Crippen LogP contribution in [-0.2, 0) is 0 Å². The Kier molecular flexibility index (Phi) is 9.58. The van der Waals surface area contributed by atoms with E-state index in [0.29, 0.717) is 0 Å². The monoisotopic (exact) mass is 825 g/mol. The lowest BCUT2D eigenvalue weighted by molar-refractivity contribution is 1.28. The van der Waals surface area contributed by atoms with E-state index in [4.69, 9.17) is 0 Å². The van der Waals surface area contributed by atoms with Gasteiger partial charge in [0.1, 0.15) is 0 Å². The van der Waals surface area contributed by atoms with Crippen molar-refractivity contribution < 1.29 is 0 Å². The van der Waals surface area contributed by atoms with Gasteiger partial charge in [-0.25, -0.2) is 0 Å². The zero-order valence-electron chi connectivity index (χ0n) is 35.8. The highest BCUT2D eigenvalue weighted by atomic mass is 15.1. The van der Waals surface area contributed by atoms with Crippen molar-refractivity contribution in [2.75, 3.05) is 4.90 Å². The molecule has 12 aromatic carbocycles. The molecule has 0 aliphatic heterocycles. The van der Waals surface area contributed by atoms with Crippen LogP contribution >= 0.6 is 0 Å². The first kappa shape index (κ1) is 38.2. The van der Waals surface area contributed by atoms with E-state index >= 15 is 0 Å². The van der Waals surface area contributed by atoms with E-state index in [0.717, 1.165) is 28.2 Å². The van der Waals surface area contributed by atoms with E-state index in [1.165, 1.54) is 87.6 Å². The number of rotatable bonds is 8. The fraction of sp³-hybridized carbons (Fsp3) is 0. The highest BCUT2D eigenvalue weighted by Gasteiger charge is 2.20. The lowest BCUT2D eigenvalue weighted by Gasteiger charge is -2.29. The van der Waals surface area contributed by atoms with Gasteiger partial charge in [0.2, 0.25) is 0 Å². The molecule has 0 radical (unpaired) electrons. The highest BCUT2D eigenvalue weighted by molar-refractivity contribution is 6.08. The number of hydrogen-bond donors (Lipinski definition) is 0. The first-order valence-corrected chi connectivity index (χ1v) is 22.4. The minimum Gasteiger partial charge on any atom is -0.310 e. The predicted molar refractivity (Wildman–Crippen MR) is 278 cm³/mol. The summed E-state index contributed by atoms with van der Waals surface area (Å²) in [5.41, 5.74) is 15.1.